The van der Waals surface area contributed by atoms with Crippen molar-refractivity contribution in [2.24, 2.45) is 10.7 Å². The number of aliphatic hydroxyl groups excluding tert-OH is 2. The minimum atomic E-state index is -1.07. The van der Waals surface area contributed by atoms with Gasteiger partial charge in [-0.25, -0.2) is 9.98 Å². The summed E-state index contributed by atoms with van der Waals surface area (Å²) < 4.78 is 6.98. The predicted octanol–water partition coefficient (Wildman–Crippen LogP) is -2.08. The van der Waals surface area contributed by atoms with Crippen LogP contribution in [0.3, 0.4) is 0 Å². The highest BCUT2D eigenvalue weighted by Gasteiger charge is 2.42. The number of nitrogens with zero attached hydrogens (tertiary/aromatic N) is 5. The Morgan fingerprint density at radius 3 is 2.96 bits per heavy atom. The molecule has 11 heteroatoms. The number of aliphatic hydroxyl groups is 2. The summed E-state index contributed by atoms with van der Waals surface area (Å²) >= 11 is 0. The molecule has 4 atom stereocenters. The molecular weight excluding hydrogens is 318 g/mol. The van der Waals surface area contributed by atoms with Gasteiger partial charge in [-0.05, 0) is 0 Å². The van der Waals surface area contributed by atoms with E-state index in [1.165, 1.54) is 17.2 Å². The lowest BCUT2D eigenvalue weighted by atomic mass is 10.1. The minimum absolute atomic E-state index is 0.0932. The molecular formula is C13H19N7O4. The van der Waals surface area contributed by atoms with Crippen molar-refractivity contribution in [3.63, 3.8) is 0 Å². The number of aliphatic imine (C=N–C) groups is 1. The van der Waals surface area contributed by atoms with Crippen LogP contribution in [0.15, 0.2) is 16.1 Å². The lowest BCUT2D eigenvalue weighted by molar-refractivity contribution is -0.0488. The van der Waals surface area contributed by atoms with E-state index in [0.717, 1.165) is 0 Å². The van der Waals surface area contributed by atoms with E-state index in [2.05, 4.69) is 19.9 Å². The summed E-state index contributed by atoms with van der Waals surface area (Å²) in [5, 5.41) is 19.5. The van der Waals surface area contributed by atoms with Crippen LogP contribution in [-0.4, -0.2) is 79.9 Å². The molecule has 0 aromatic carbocycles. The second kappa shape index (κ2) is 6.28. The van der Waals surface area contributed by atoms with Crippen LogP contribution in [0, 0.1) is 0 Å². The molecule has 1 saturated heterocycles. The van der Waals surface area contributed by atoms with Gasteiger partial charge in [-0.1, -0.05) is 0 Å². The lowest BCUT2D eigenvalue weighted by Gasteiger charge is -2.16. The summed E-state index contributed by atoms with van der Waals surface area (Å²) in [4.78, 5) is 28.6. The van der Waals surface area contributed by atoms with Gasteiger partial charge < -0.3 is 25.6 Å². The van der Waals surface area contributed by atoms with Crippen LogP contribution >= 0.6 is 0 Å². The third-order valence-corrected chi connectivity index (χ3v) is 3.71. The number of rotatable bonds is 4. The Hall–Kier alpha value is -2.34. The Labute approximate surface area is 136 Å². The van der Waals surface area contributed by atoms with Crippen molar-refractivity contribution in [2.75, 3.05) is 20.7 Å². The Balaban J connectivity index is 2.05. The second-order valence-electron chi connectivity index (χ2n) is 5.74. The first-order chi connectivity index (χ1) is 11.4. The number of hydrogen-bond donors (Lipinski definition) is 4. The number of nitrogens with one attached hydrogen (secondary N) is 1. The summed E-state index contributed by atoms with van der Waals surface area (Å²) in [5.74, 6) is 0.0958. The van der Waals surface area contributed by atoms with Crippen LogP contribution in [0.25, 0.3) is 11.2 Å². The highest BCUT2D eigenvalue weighted by atomic mass is 16.5. The van der Waals surface area contributed by atoms with Gasteiger partial charge in [0, 0.05) is 14.1 Å². The molecule has 0 radical (unpaired) electrons. The molecule has 1 aliphatic heterocycles. The fourth-order valence-electron chi connectivity index (χ4n) is 2.49. The van der Waals surface area contributed by atoms with E-state index in [4.69, 9.17) is 10.5 Å². The third-order valence-electron chi connectivity index (χ3n) is 3.71. The molecule has 24 heavy (non-hydrogen) atoms. The SMILES string of the molecule is CN(C)C=Nc1nc2c(ncn2C2OC(CO)C(N)C2O)c(=O)[nH]1. The zero-order valence-electron chi connectivity index (χ0n) is 13.2. The average Bonchev–Trinajstić information content (AvgIpc) is 3.08. The van der Waals surface area contributed by atoms with Gasteiger partial charge in [-0.2, -0.15) is 4.98 Å². The lowest BCUT2D eigenvalue weighted by Crippen LogP contribution is -2.41. The Bertz CT molecular complexity index is 814. The molecule has 130 valence electrons. The van der Waals surface area contributed by atoms with Crippen LogP contribution in [-0.2, 0) is 4.74 Å². The van der Waals surface area contributed by atoms with Crippen LogP contribution in [0.1, 0.15) is 6.23 Å². The zero-order chi connectivity index (χ0) is 17.4. The average molecular weight is 337 g/mol. The van der Waals surface area contributed by atoms with E-state index in [0.29, 0.717) is 0 Å². The fraction of sp³-hybridized carbons (Fsp3) is 0.538. The Kier molecular flexibility index (Phi) is 4.32. The normalized spacial score (nSPS) is 27.4. The maximum absolute atomic E-state index is 12.1. The zero-order valence-corrected chi connectivity index (χ0v) is 13.2. The molecule has 2 aromatic heterocycles. The Morgan fingerprint density at radius 2 is 2.33 bits per heavy atom. The largest absolute Gasteiger partial charge is 0.394 e. The van der Waals surface area contributed by atoms with Crippen molar-refractivity contribution >= 4 is 23.5 Å². The number of aromatic amines is 1. The fourth-order valence-corrected chi connectivity index (χ4v) is 2.49. The minimum Gasteiger partial charge on any atom is -0.394 e. The molecule has 4 unspecified atom stereocenters. The van der Waals surface area contributed by atoms with Gasteiger partial charge >= 0.3 is 0 Å². The highest BCUT2D eigenvalue weighted by Crippen LogP contribution is 2.29. The molecule has 3 rings (SSSR count). The molecule has 0 spiro atoms. The van der Waals surface area contributed by atoms with Gasteiger partial charge in [0.25, 0.3) is 5.56 Å². The van der Waals surface area contributed by atoms with Crippen molar-refractivity contribution < 1.29 is 14.9 Å². The van der Waals surface area contributed by atoms with Crippen LogP contribution < -0.4 is 11.3 Å². The van der Waals surface area contributed by atoms with Crippen molar-refractivity contribution in [1.82, 2.24) is 24.4 Å². The smallest absolute Gasteiger partial charge is 0.280 e. The van der Waals surface area contributed by atoms with Gasteiger partial charge in [0.1, 0.15) is 12.2 Å². The number of H-pyrrole nitrogens is 1. The number of ether oxygens (including phenoxy) is 1. The monoisotopic (exact) mass is 337 g/mol. The number of aromatic nitrogens is 4. The molecule has 11 nitrogen and oxygen atoms in total. The summed E-state index contributed by atoms with van der Waals surface area (Å²) in [7, 11) is 3.56. The molecule has 1 aliphatic rings. The molecule has 0 saturated carbocycles. The maximum Gasteiger partial charge on any atom is 0.280 e. The molecule has 0 amide bonds. The second-order valence-corrected chi connectivity index (χ2v) is 5.74. The summed E-state index contributed by atoms with van der Waals surface area (Å²) in [6.07, 6.45) is 0.142. The van der Waals surface area contributed by atoms with Crippen LogP contribution in [0.2, 0.25) is 0 Å². The summed E-state index contributed by atoms with van der Waals surface area (Å²) in [5.41, 5.74) is 5.67. The van der Waals surface area contributed by atoms with E-state index >= 15 is 0 Å². The van der Waals surface area contributed by atoms with Gasteiger partial charge in [0.05, 0.1) is 25.3 Å². The number of nitrogens with two attached hydrogens (primary N) is 1. The summed E-state index contributed by atoms with van der Waals surface area (Å²) in [6, 6.07) is -0.759. The first kappa shape index (κ1) is 16.5. The molecule has 5 N–H and O–H groups in total. The molecule has 3 heterocycles. The van der Waals surface area contributed by atoms with E-state index in [1.807, 2.05) is 0 Å². The molecule has 1 fully saturated rings. The van der Waals surface area contributed by atoms with E-state index in [9.17, 15) is 15.0 Å². The van der Waals surface area contributed by atoms with Crippen molar-refractivity contribution in [3.05, 3.63) is 16.7 Å². The molecule has 0 aliphatic carbocycles. The maximum atomic E-state index is 12.1. The number of imidazole rings is 1. The number of hydrogen-bond acceptors (Lipinski definition) is 8. The highest BCUT2D eigenvalue weighted by molar-refractivity contribution is 5.71. The van der Waals surface area contributed by atoms with Crippen LogP contribution in [0.4, 0.5) is 5.95 Å². The third kappa shape index (κ3) is 2.78. The first-order valence-corrected chi connectivity index (χ1v) is 7.29. The van der Waals surface area contributed by atoms with Crippen molar-refractivity contribution in [1.29, 1.82) is 0 Å². The van der Waals surface area contributed by atoms with Gasteiger partial charge in [-0.15, -0.1) is 0 Å². The Morgan fingerprint density at radius 1 is 1.58 bits per heavy atom. The van der Waals surface area contributed by atoms with E-state index < -0.39 is 30.0 Å². The topological polar surface area (TPSA) is 155 Å². The van der Waals surface area contributed by atoms with Gasteiger partial charge in [0.2, 0.25) is 5.95 Å². The van der Waals surface area contributed by atoms with Crippen LogP contribution in [0.5, 0.6) is 0 Å². The molecule has 2 aromatic rings. The van der Waals surface area contributed by atoms with Crippen molar-refractivity contribution in [3.8, 4) is 0 Å². The molecule has 0 bridgehead atoms. The summed E-state index contributed by atoms with van der Waals surface area (Å²) in [6.45, 7) is -0.326. The predicted molar refractivity (Wildman–Crippen MR) is 85.0 cm³/mol. The first-order valence-electron chi connectivity index (χ1n) is 7.29. The van der Waals surface area contributed by atoms with Gasteiger partial charge in [-0.3, -0.25) is 14.3 Å². The van der Waals surface area contributed by atoms with E-state index in [-0.39, 0.29) is 23.7 Å². The van der Waals surface area contributed by atoms with Gasteiger partial charge in [0.15, 0.2) is 17.4 Å². The number of fused-ring (bicyclic) bond motifs is 1. The van der Waals surface area contributed by atoms with Crippen molar-refractivity contribution in [2.45, 2.75) is 24.5 Å². The quantitative estimate of drug-likeness (QED) is 0.366. The standard InChI is InChI=1S/C13H19N7O4/c1-19(2)4-16-13-17-10-8(11(23)18-13)15-5-20(10)12-9(22)7(14)6(3-21)24-12/h4-7,9,12,21-22H,3,14H2,1-2H3,(H,17,18,23). The van der Waals surface area contributed by atoms with E-state index in [1.54, 1.807) is 19.0 Å².